The van der Waals surface area contributed by atoms with E-state index in [-0.39, 0.29) is 6.03 Å². The van der Waals surface area contributed by atoms with Gasteiger partial charge in [0.1, 0.15) is 24.3 Å². The first kappa shape index (κ1) is 14.7. The average Bonchev–Trinajstić information content (AvgIpc) is 3.11. The molecule has 3 aromatic rings. The number of amides is 2. The van der Waals surface area contributed by atoms with Crippen molar-refractivity contribution in [1.82, 2.24) is 24.8 Å². The lowest BCUT2D eigenvalue weighted by Gasteiger charge is -2.08. The zero-order valence-corrected chi connectivity index (χ0v) is 12.4. The number of imidazole rings is 1. The maximum absolute atomic E-state index is 11.9. The van der Waals surface area contributed by atoms with Crippen LogP contribution in [0.4, 0.5) is 10.6 Å². The van der Waals surface area contributed by atoms with Crippen LogP contribution in [0.1, 0.15) is 5.56 Å². The van der Waals surface area contributed by atoms with Gasteiger partial charge in [0, 0.05) is 25.0 Å². The second-order valence-electron chi connectivity index (χ2n) is 4.85. The number of rotatable bonds is 5. The summed E-state index contributed by atoms with van der Waals surface area (Å²) in [5.41, 5.74) is 1.18. The van der Waals surface area contributed by atoms with Gasteiger partial charge in [-0.2, -0.15) is 0 Å². The van der Waals surface area contributed by atoms with Crippen LogP contribution in [0.15, 0.2) is 61.4 Å². The third kappa shape index (κ3) is 4.13. The Kier molecular flexibility index (Phi) is 4.58. The normalized spacial score (nSPS) is 10.3. The number of nitrogens with zero attached hydrogens (tertiary/aromatic N) is 4. The number of carbonyl (C=O) groups is 1. The highest BCUT2D eigenvalue weighted by Crippen LogP contribution is 2.08. The highest BCUT2D eigenvalue weighted by molar-refractivity contribution is 5.88. The molecule has 23 heavy (non-hydrogen) atoms. The van der Waals surface area contributed by atoms with Crippen molar-refractivity contribution in [3.8, 4) is 5.82 Å². The number of hydrogen-bond donors (Lipinski definition) is 2. The lowest BCUT2D eigenvalue weighted by Crippen LogP contribution is -2.30. The fraction of sp³-hybridized carbons (Fsp3) is 0.125. The summed E-state index contributed by atoms with van der Waals surface area (Å²) in [7, 11) is 0. The zero-order valence-electron chi connectivity index (χ0n) is 12.4. The van der Waals surface area contributed by atoms with E-state index in [1.807, 2.05) is 30.3 Å². The molecule has 0 atom stereocenters. The number of urea groups is 1. The number of nitrogens with one attached hydrogen (secondary N) is 2. The molecule has 0 radical (unpaired) electrons. The molecule has 0 fully saturated rings. The molecule has 1 aromatic carbocycles. The minimum absolute atomic E-state index is 0.295. The maximum Gasteiger partial charge on any atom is 0.320 e. The van der Waals surface area contributed by atoms with Crippen LogP contribution in [0.25, 0.3) is 5.82 Å². The second-order valence-corrected chi connectivity index (χ2v) is 4.85. The van der Waals surface area contributed by atoms with Crippen molar-refractivity contribution in [1.29, 1.82) is 0 Å². The third-order valence-corrected chi connectivity index (χ3v) is 3.21. The summed E-state index contributed by atoms with van der Waals surface area (Å²) in [4.78, 5) is 24.0. The average molecular weight is 308 g/mol. The van der Waals surface area contributed by atoms with Crippen LogP contribution in [0.5, 0.6) is 0 Å². The van der Waals surface area contributed by atoms with Crippen molar-refractivity contribution in [2.45, 2.75) is 6.42 Å². The molecule has 0 aliphatic heterocycles. The van der Waals surface area contributed by atoms with Gasteiger partial charge in [-0.05, 0) is 12.0 Å². The Labute approximate surface area is 133 Å². The van der Waals surface area contributed by atoms with E-state index in [2.05, 4.69) is 25.6 Å². The second kappa shape index (κ2) is 7.17. The van der Waals surface area contributed by atoms with Crippen LogP contribution in [0.3, 0.4) is 0 Å². The number of hydrogen-bond acceptors (Lipinski definition) is 4. The number of anilines is 1. The molecule has 3 rings (SSSR count). The van der Waals surface area contributed by atoms with Crippen LogP contribution in [-0.2, 0) is 6.42 Å². The first-order valence-electron chi connectivity index (χ1n) is 7.20. The van der Waals surface area contributed by atoms with Gasteiger partial charge in [0.05, 0.1) is 0 Å². The van der Waals surface area contributed by atoms with E-state index in [1.165, 1.54) is 11.9 Å². The fourth-order valence-electron chi connectivity index (χ4n) is 2.08. The summed E-state index contributed by atoms with van der Waals surface area (Å²) in [6.07, 6.45) is 7.23. The topological polar surface area (TPSA) is 84.7 Å². The summed E-state index contributed by atoms with van der Waals surface area (Å²) >= 11 is 0. The predicted octanol–water partition coefficient (Wildman–Crippen LogP) is 2.03. The van der Waals surface area contributed by atoms with E-state index in [1.54, 1.807) is 29.4 Å². The molecule has 7 heteroatoms. The molecule has 0 bridgehead atoms. The molecule has 116 valence electrons. The molecule has 0 saturated carbocycles. The van der Waals surface area contributed by atoms with Gasteiger partial charge in [0.25, 0.3) is 0 Å². The number of benzene rings is 1. The highest BCUT2D eigenvalue weighted by Gasteiger charge is 2.05. The van der Waals surface area contributed by atoms with Gasteiger partial charge in [0.2, 0.25) is 0 Å². The SMILES string of the molecule is O=C(NCCc1ccccc1)Nc1cc(-n2ccnc2)ncn1. The lowest BCUT2D eigenvalue weighted by molar-refractivity contribution is 0.252. The van der Waals surface area contributed by atoms with Gasteiger partial charge in [0.15, 0.2) is 0 Å². The number of carbonyl (C=O) groups excluding carboxylic acids is 1. The van der Waals surface area contributed by atoms with Crippen LogP contribution in [-0.4, -0.2) is 32.1 Å². The summed E-state index contributed by atoms with van der Waals surface area (Å²) in [5.74, 6) is 1.07. The van der Waals surface area contributed by atoms with E-state index in [9.17, 15) is 4.79 Å². The van der Waals surface area contributed by atoms with E-state index in [0.29, 0.717) is 18.2 Å². The Balaban J connectivity index is 1.53. The third-order valence-electron chi connectivity index (χ3n) is 3.21. The largest absolute Gasteiger partial charge is 0.337 e. The molecule has 0 unspecified atom stereocenters. The Morgan fingerprint density at radius 3 is 2.83 bits per heavy atom. The molecule has 2 heterocycles. The van der Waals surface area contributed by atoms with Crippen LogP contribution < -0.4 is 10.6 Å². The van der Waals surface area contributed by atoms with Gasteiger partial charge in [-0.15, -0.1) is 0 Å². The van der Waals surface area contributed by atoms with E-state index in [0.717, 1.165) is 6.42 Å². The van der Waals surface area contributed by atoms with Crippen molar-refractivity contribution < 1.29 is 4.79 Å². The van der Waals surface area contributed by atoms with Gasteiger partial charge >= 0.3 is 6.03 Å². The molecule has 0 saturated heterocycles. The lowest BCUT2D eigenvalue weighted by atomic mass is 10.1. The van der Waals surface area contributed by atoms with Crippen molar-refractivity contribution in [3.05, 3.63) is 67.0 Å². The van der Waals surface area contributed by atoms with Crippen LogP contribution in [0, 0.1) is 0 Å². The molecule has 2 amide bonds. The van der Waals surface area contributed by atoms with Crippen molar-refractivity contribution in [2.24, 2.45) is 0 Å². The number of aromatic nitrogens is 4. The molecule has 0 aliphatic carbocycles. The molecule has 0 spiro atoms. The molecule has 2 aromatic heterocycles. The summed E-state index contributed by atoms with van der Waals surface area (Å²) < 4.78 is 1.74. The first-order chi connectivity index (χ1) is 11.3. The monoisotopic (exact) mass is 308 g/mol. The van der Waals surface area contributed by atoms with Crippen molar-refractivity contribution in [2.75, 3.05) is 11.9 Å². The fourth-order valence-corrected chi connectivity index (χ4v) is 2.08. The predicted molar refractivity (Wildman–Crippen MR) is 86.3 cm³/mol. The Hall–Kier alpha value is -3.22. The van der Waals surface area contributed by atoms with Gasteiger partial charge in [-0.3, -0.25) is 9.88 Å². The Bertz CT molecular complexity index is 757. The van der Waals surface area contributed by atoms with Crippen molar-refractivity contribution in [3.63, 3.8) is 0 Å². The minimum Gasteiger partial charge on any atom is -0.337 e. The van der Waals surface area contributed by atoms with E-state index >= 15 is 0 Å². The summed E-state index contributed by atoms with van der Waals surface area (Å²) in [6, 6.07) is 11.4. The van der Waals surface area contributed by atoms with Crippen LogP contribution in [0.2, 0.25) is 0 Å². The van der Waals surface area contributed by atoms with Crippen LogP contribution >= 0.6 is 0 Å². The molecular formula is C16H16N6O. The molecule has 0 aliphatic rings. The summed E-state index contributed by atoms with van der Waals surface area (Å²) in [6.45, 7) is 0.551. The summed E-state index contributed by atoms with van der Waals surface area (Å²) in [5, 5.41) is 5.50. The van der Waals surface area contributed by atoms with Gasteiger partial charge in [-0.1, -0.05) is 30.3 Å². The van der Waals surface area contributed by atoms with Crippen molar-refractivity contribution >= 4 is 11.8 Å². The molecule has 7 nitrogen and oxygen atoms in total. The van der Waals surface area contributed by atoms with Gasteiger partial charge < -0.3 is 5.32 Å². The quantitative estimate of drug-likeness (QED) is 0.755. The Morgan fingerprint density at radius 1 is 1.17 bits per heavy atom. The highest BCUT2D eigenvalue weighted by atomic mass is 16.2. The van der Waals surface area contributed by atoms with E-state index in [4.69, 9.17) is 0 Å². The zero-order chi connectivity index (χ0) is 15.9. The minimum atomic E-state index is -0.295. The molecular weight excluding hydrogens is 292 g/mol. The standard InChI is InChI=1S/C16H16N6O/c23-16(18-7-6-13-4-2-1-3-5-13)21-14-10-15(20-11-19-14)22-9-8-17-12-22/h1-5,8-12H,6-7H2,(H2,18,19,20,21,23). The Morgan fingerprint density at radius 2 is 2.04 bits per heavy atom. The smallest absolute Gasteiger partial charge is 0.320 e. The first-order valence-corrected chi connectivity index (χ1v) is 7.20. The molecule has 2 N–H and O–H groups in total. The maximum atomic E-state index is 11.9. The van der Waals surface area contributed by atoms with E-state index < -0.39 is 0 Å². The van der Waals surface area contributed by atoms with Gasteiger partial charge in [-0.25, -0.2) is 19.7 Å².